The van der Waals surface area contributed by atoms with E-state index in [0.29, 0.717) is 12.3 Å². The van der Waals surface area contributed by atoms with Gasteiger partial charge < -0.3 is 5.32 Å². The zero-order valence-electron chi connectivity index (χ0n) is 12.7. The molecule has 0 spiro atoms. The van der Waals surface area contributed by atoms with E-state index in [-0.39, 0.29) is 16.9 Å². The maximum Gasteiger partial charge on any atom is 0.257 e. The van der Waals surface area contributed by atoms with Gasteiger partial charge in [-0.15, -0.1) is 9.24 Å². The molecule has 2 atom stereocenters. The number of carbonyl (C=O) groups is 1. The van der Waals surface area contributed by atoms with Gasteiger partial charge in [-0.2, -0.15) is 0 Å². The second kappa shape index (κ2) is 7.26. The van der Waals surface area contributed by atoms with Crippen molar-refractivity contribution in [1.82, 2.24) is 5.32 Å². The third kappa shape index (κ3) is 4.19. The molecular formula is C15H21F3NOP. The van der Waals surface area contributed by atoms with E-state index in [1.165, 1.54) is 6.92 Å². The number of carbonyl (C=O) groups excluding carboxylic acids is 1. The summed E-state index contributed by atoms with van der Waals surface area (Å²) in [7, 11) is 2.00. The Hall–Kier alpha value is -1.09. The highest BCUT2D eigenvalue weighted by Crippen LogP contribution is 2.20. The molecule has 0 bridgehead atoms. The molecule has 0 aromatic heterocycles. The zero-order valence-corrected chi connectivity index (χ0v) is 13.8. The van der Waals surface area contributed by atoms with Crippen molar-refractivity contribution < 1.29 is 18.0 Å². The first-order valence-corrected chi connectivity index (χ1v) is 7.47. The molecule has 1 rings (SSSR count). The van der Waals surface area contributed by atoms with Crippen LogP contribution >= 0.6 is 9.24 Å². The van der Waals surface area contributed by atoms with Crippen molar-refractivity contribution in [1.29, 1.82) is 0 Å². The van der Waals surface area contributed by atoms with Crippen LogP contribution in [-0.4, -0.2) is 11.9 Å². The highest BCUT2D eigenvalue weighted by molar-refractivity contribution is 7.27. The van der Waals surface area contributed by atoms with Crippen LogP contribution in [0, 0.1) is 30.3 Å². The molecule has 0 fully saturated rings. The molecule has 21 heavy (non-hydrogen) atoms. The van der Waals surface area contributed by atoms with Gasteiger partial charge in [-0.1, -0.05) is 13.8 Å². The minimum Gasteiger partial charge on any atom is -0.349 e. The van der Waals surface area contributed by atoms with Gasteiger partial charge in [0.25, 0.3) is 5.91 Å². The van der Waals surface area contributed by atoms with Crippen LogP contribution in [0.3, 0.4) is 0 Å². The lowest BCUT2D eigenvalue weighted by Gasteiger charge is -2.17. The normalized spacial score (nSPS) is 12.6. The van der Waals surface area contributed by atoms with Gasteiger partial charge in [0.15, 0.2) is 11.6 Å². The van der Waals surface area contributed by atoms with Crippen LogP contribution in [-0.2, 0) is 0 Å². The lowest BCUT2D eigenvalue weighted by atomic mass is 10.0. The van der Waals surface area contributed by atoms with Gasteiger partial charge in [0.1, 0.15) is 11.4 Å². The summed E-state index contributed by atoms with van der Waals surface area (Å²) in [4.78, 5) is 12.0. The summed E-state index contributed by atoms with van der Waals surface area (Å²) in [6.07, 6.45) is 1.57. The van der Waals surface area contributed by atoms with E-state index in [2.05, 4.69) is 5.32 Å². The third-order valence-corrected chi connectivity index (χ3v) is 4.07. The molecule has 2 unspecified atom stereocenters. The Morgan fingerprint density at radius 2 is 1.67 bits per heavy atom. The predicted molar refractivity (Wildman–Crippen MR) is 81.4 cm³/mol. The first-order valence-electron chi connectivity index (χ1n) is 6.90. The largest absolute Gasteiger partial charge is 0.349 e. The summed E-state index contributed by atoms with van der Waals surface area (Å²) in [6.45, 7) is 7.10. The van der Waals surface area contributed by atoms with Crippen molar-refractivity contribution in [2.45, 2.75) is 46.6 Å². The molecule has 0 aliphatic carbocycles. The average Bonchev–Trinajstić information content (AvgIpc) is 2.41. The standard InChI is InChI=1S/C15H21F3NOP/c1-7(2)5-6-8(3)19-15(20)10-12(17)11(16)9(4)14(21)13(10)18/h7-8H,5-6,21H2,1-4H3,(H,19,20). The molecule has 0 saturated heterocycles. The molecule has 0 aliphatic heterocycles. The van der Waals surface area contributed by atoms with Crippen LogP contribution in [0.2, 0.25) is 0 Å². The number of amides is 1. The van der Waals surface area contributed by atoms with E-state index in [0.717, 1.165) is 6.42 Å². The lowest BCUT2D eigenvalue weighted by Crippen LogP contribution is -2.35. The van der Waals surface area contributed by atoms with Gasteiger partial charge in [0, 0.05) is 11.3 Å². The second-order valence-electron chi connectivity index (χ2n) is 5.70. The predicted octanol–water partition coefficient (Wildman–Crippen LogP) is 3.47. The number of hydrogen-bond donors (Lipinski definition) is 1. The van der Waals surface area contributed by atoms with Gasteiger partial charge >= 0.3 is 0 Å². The Balaban J connectivity index is 2.98. The monoisotopic (exact) mass is 319 g/mol. The summed E-state index contributed by atoms with van der Waals surface area (Å²) in [5.74, 6) is -4.13. The molecule has 118 valence electrons. The Bertz CT molecular complexity index is 517. The third-order valence-electron chi connectivity index (χ3n) is 3.38. The molecule has 0 heterocycles. The van der Waals surface area contributed by atoms with Gasteiger partial charge in [-0.05, 0) is 38.2 Å². The Morgan fingerprint density at radius 1 is 1.10 bits per heavy atom. The maximum atomic E-state index is 14.0. The van der Waals surface area contributed by atoms with Crippen molar-refractivity contribution in [3.63, 3.8) is 0 Å². The fourth-order valence-corrected chi connectivity index (χ4v) is 2.21. The summed E-state index contributed by atoms with van der Waals surface area (Å²) in [5.41, 5.74) is -1.01. The molecule has 0 saturated carbocycles. The smallest absolute Gasteiger partial charge is 0.257 e. The molecule has 0 aliphatic rings. The zero-order chi connectivity index (χ0) is 16.3. The first-order chi connectivity index (χ1) is 9.66. The fraction of sp³-hybridized carbons (Fsp3) is 0.533. The van der Waals surface area contributed by atoms with Crippen LogP contribution in [0.25, 0.3) is 0 Å². The summed E-state index contributed by atoms with van der Waals surface area (Å²) in [5, 5.41) is 2.38. The SMILES string of the molecule is Cc1c(F)c(F)c(C(=O)NC(C)CCC(C)C)c(F)c1P. The van der Waals surface area contributed by atoms with E-state index >= 15 is 0 Å². The number of halogens is 3. The minimum absolute atomic E-state index is 0.131. The first kappa shape index (κ1) is 18.0. The van der Waals surface area contributed by atoms with Crippen LogP contribution in [0.5, 0.6) is 0 Å². The van der Waals surface area contributed by atoms with Crippen LogP contribution in [0.1, 0.15) is 49.5 Å². The van der Waals surface area contributed by atoms with Gasteiger partial charge in [0.05, 0.1) is 0 Å². The Morgan fingerprint density at radius 3 is 2.19 bits per heavy atom. The fourth-order valence-electron chi connectivity index (χ4n) is 1.94. The van der Waals surface area contributed by atoms with E-state index in [4.69, 9.17) is 0 Å². The van der Waals surface area contributed by atoms with Crippen molar-refractivity contribution in [2.75, 3.05) is 0 Å². The van der Waals surface area contributed by atoms with Gasteiger partial charge in [-0.25, -0.2) is 13.2 Å². The van der Waals surface area contributed by atoms with Gasteiger partial charge in [0.2, 0.25) is 0 Å². The molecular weight excluding hydrogens is 298 g/mol. The maximum absolute atomic E-state index is 14.0. The minimum atomic E-state index is -1.44. The van der Waals surface area contributed by atoms with Crippen molar-refractivity contribution in [3.05, 3.63) is 28.6 Å². The number of hydrogen-bond acceptors (Lipinski definition) is 1. The Kier molecular flexibility index (Phi) is 6.21. The number of rotatable bonds is 5. The summed E-state index contributed by atoms with van der Waals surface area (Å²) in [6, 6.07) is -0.240. The van der Waals surface area contributed by atoms with Gasteiger partial charge in [-0.3, -0.25) is 4.79 Å². The van der Waals surface area contributed by atoms with Crippen molar-refractivity contribution in [3.8, 4) is 0 Å². The summed E-state index contributed by atoms with van der Waals surface area (Å²) < 4.78 is 41.5. The summed E-state index contributed by atoms with van der Waals surface area (Å²) >= 11 is 0. The molecule has 1 N–H and O–H groups in total. The molecule has 1 aromatic carbocycles. The number of nitrogens with one attached hydrogen (secondary N) is 1. The quantitative estimate of drug-likeness (QED) is 0.653. The van der Waals surface area contributed by atoms with Crippen LogP contribution in [0.15, 0.2) is 0 Å². The van der Waals surface area contributed by atoms with E-state index in [9.17, 15) is 18.0 Å². The van der Waals surface area contributed by atoms with Crippen molar-refractivity contribution in [2.24, 2.45) is 5.92 Å². The Labute approximate surface area is 125 Å². The highest BCUT2D eigenvalue weighted by atomic mass is 31.0. The molecule has 6 heteroatoms. The average molecular weight is 319 g/mol. The molecule has 1 amide bonds. The molecule has 1 aromatic rings. The number of benzene rings is 1. The molecule has 0 radical (unpaired) electrons. The second-order valence-corrected chi connectivity index (χ2v) is 6.28. The highest BCUT2D eigenvalue weighted by Gasteiger charge is 2.26. The molecule has 2 nitrogen and oxygen atoms in total. The van der Waals surface area contributed by atoms with Crippen LogP contribution < -0.4 is 10.6 Å². The van der Waals surface area contributed by atoms with E-state index < -0.39 is 28.9 Å². The van der Waals surface area contributed by atoms with E-state index in [1.807, 2.05) is 23.1 Å². The lowest BCUT2D eigenvalue weighted by molar-refractivity contribution is 0.0927. The van der Waals surface area contributed by atoms with E-state index in [1.54, 1.807) is 6.92 Å². The topological polar surface area (TPSA) is 29.1 Å². The van der Waals surface area contributed by atoms with Crippen LogP contribution in [0.4, 0.5) is 13.2 Å². The van der Waals surface area contributed by atoms with Crippen molar-refractivity contribution >= 4 is 20.5 Å².